The van der Waals surface area contributed by atoms with Gasteiger partial charge in [0.05, 0.1) is 23.8 Å². The Balaban J connectivity index is 1.29. The second kappa shape index (κ2) is 7.19. The van der Waals surface area contributed by atoms with E-state index in [-0.39, 0.29) is 0 Å². The monoisotopic (exact) mass is 336 g/mol. The van der Waals surface area contributed by atoms with Crippen LogP contribution in [0.1, 0.15) is 24.1 Å². The first-order chi connectivity index (χ1) is 12.3. The zero-order valence-electron chi connectivity index (χ0n) is 14.6. The molecule has 1 aliphatic rings. The SMILES string of the molecule is Cc1cnn(CC2CCN(Cc3cn(-c4ccccc4)nn3)CC2)c1. The molecule has 0 aliphatic carbocycles. The Labute approximate surface area is 148 Å². The molecule has 0 unspecified atom stereocenters. The number of hydrogen-bond donors (Lipinski definition) is 0. The summed E-state index contributed by atoms with van der Waals surface area (Å²) in [5, 5.41) is 13.0. The normalized spacial score (nSPS) is 16.4. The van der Waals surface area contributed by atoms with Crippen molar-refractivity contribution >= 4 is 0 Å². The predicted molar refractivity (Wildman–Crippen MR) is 96.3 cm³/mol. The topological polar surface area (TPSA) is 51.8 Å². The van der Waals surface area contributed by atoms with E-state index in [2.05, 4.69) is 38.1 Å². The molecule has 0 radical (unpaired) electrons. The third-order valence-electron chi connectivity index (χ3n) is 4.86. The summed E-state index contributed by atoms with van der Waals surface area (Å²) in [4.78, 5) is 2.48. The largest absolute Gasteiger partial charge is 0.297 e. The van der Waals surface area contributed by atoms with Gasteiger partial charge in [0.2, 0.25) is 0 Å². The van der Waals surface area contributed by atoms with E-state index in [0.717, 1.165) is 43.5 Å². The van der Waals surface area contributed by atoms with Crippen LogP contribution >= 0.6 is 0 Å². The van der Waals surface area contributed by atoms with Crippen molar-refractivity contribution in [2.45, 2.75) is 32.9 Å². The summed E-state index contributed by atoms with van der Waals surface area (Å²) in [5.74, 6) is 0.718. The van der Waals surface area contributed by atoms with Gasteiger partial charge in [-0.25, -0.2) is 4.68 Å². The number of benzene rings is 1. The maximum atomic E-state index is 4.41. The molecule has 0 N–H and O–H groups in total. The molecule has 0 spiro atoms. The van der Waals surface area contributed by atoms with Crippen LogP contribution in [-0.4, -0.2) is 42.8 Å². The van der Waals surface area contributed by atoms with Crippen molar-refractivity contribution < 1.29 is 0 Å². The molecule has 0 saturated carbocycles. The summed E-state index contributed by atoms with van der Waals surface area (Å²) >= 11 is 0. The average molecular weight is 336 g/mol. The van der Waals surface area contributed by atoms with Crippen LogP contribution in [0.5, 0.6) is 0 Å². The fourth-order valence-electron chi connectivity index (χ4n) is 3.47. The number of aromatic nitrogens is 5. The number of rotatable bonds is 5. The first kappa shape index (κ1) is 16.0. The third kappa shape index (κ3) is 3.96. The van der Waals surface area contributed by atoms with Gasteiger partial charge in [-0.1, -0.05) is 23.4 Å². The Morgan fingerprint density at radius 1 is 1.08 bits per heavy atom. The second-order valence-electron chi connectivity index (χ2n) is 6.95. The Morgan fingerprint density at radius 2 is 1.88 bits per heavy atom. The van der Waals surface area contributed by atoms with E-state index in [0.29, 0.717) is 0 Å². The van der Waals surface area contributed by atoms with Crippen LogP contribution in [0.15, 0.2) is 48.9 Å². The van der Waals surface area contributed by atoms with Gasteiger partial charge in [0.1, 0.15) is 0 Å². The van der Waals surface area contributed by atoms with E-state index in [4.69, 9.17) is 0 Å². The first-order valence-electron chi connectivity index (χ1n) is 8.94. The van der Waals surface area contributed by atoms with Crippen molar-refractivity contribution in [1.29, 1.82) is 0 Å². The lowest BCUT2D eigenvalue weighted by molar-refractivity contribution is 0.163. The van der Waals surface area contributed by atoms with Crippen molar-refractivity contribution in [2.75, 3.05) is 13.1 Å². The smallest absolute Gasteiger partial charge is 0.0971 e. The number of piperidine rings is 1. The molecule has 1 aromatic carbocycles. The zero-order valence-corrected chi connectivity index (χ0v) is 14.6. The van der Waals surface area contributed by atoms with E-state index < -0.39 is 0 Å². The van der Waals surface area contributed by atoms with Crippen LogP contribution in [-0.2, 0) is 13.1 Å². The van der Waals surface area contributed by atoms with Crippen LogP contribution in [0.2, 0.25) is 0 Å². The van der Waals surface area contributed by atoms with E-state index in [1.807, 2.05) is 47.4 Å². The standard InChI is InChI=1S/C19H24N6/c1-16-11-20-24(12-16)13-17-7-9-23(10-8-17)14-18-15-25(22-21-18)19-5-3-2-4-6-19/h2-6,11-12,15,17H,7-10,13-14H2,1H3. The minimum Gasteiger partial charge on any atom is -0.297 e. The maximum absolute atomic E-state index is 4.41. The summed E-state index contributed by atoms with van der Waals surface area (Å²) in [6, 6.07) is 10.1. The average Bonchev–Trinajstić information content (AvgIpc) is 3.27. The molecule has 25 heavy (non-hydrogen) atoms. The van der Waals surface area contributed by atoms with Crippen LogP contribution < -0.4 is 0 Å². The summed E-state index contributed by atoms with van der Waals surface area (Å²) in [5.41, 5.74) is 3.32. The molecule has 2 aromatic heterocycles. The molecule has 3 aromatic rings. The van der Waals surface area contributed by atoms with Gasteiger partial charge in [-0.05, 0) is 56.5 Å². The minimum absolute atomic E-state index is 0.718. The summed E-state index contributed by atoms with van der Waals surface area (Å²) in [7, 11) is 0. The van der Waals surface area contributed by atoms with Crippen molar-refractivity contribution in [3.8, 4) is 5.69 Å². The molecule has 130 valence electrons. The van der Waals surface area contributed by atoms with Crippen molar-refractivity contribution in [2.24, 2.45) is 5.92 Å². The summed E-state index contributed by atoms with van der Waals surface area (Å²) in [6.45, 7) is 6.23. The molecule has 0 bridgehead atoms. The lowest BCUT2D eigenvalue weighted by Crippen LogP contribution is -2.34. The quantitative estimate of drug-likeness (QED) is 0.719. The Bertz CT molecular complexity index is 798. The zero-order chi connectivity index (χ0) is 17.1. The third-order valence-corrected chi connectivity index (χ3v) is 4.86. The van der Waals surface area contributed by atoms with Gasteiger partial charge in [0.15, 0.2) is 0 Å². The van der Waals surface area contributed by atoms with Crippen LogP contribution in [0.3, 0.4) is 0 Å². The molecule has 0 atom stereocenters. The highest BCUT2D eigenvalue weighted by Gasteiger charge is 2.20. The molecule has 3 heterocycles. The predicted octanol–water partition coefficient (Wildman–Crippen LogP) is 2.68. The van der Waals surface area contributed by atoms with E-state index >= 15 is 0 Å². The Kier molecular flexibility index (Phi) is 4.61. The lowest BCUT2D eigenvalue weighted by Gasteiger charge is -2.31. The van der Waals surface area contributed by atoms with E-state index in [9.17, 15) is 0 Å². The van der Waals surface area contributed by atoms with Crippen LogP contribution in [0.25, 0.3) is 5.69 Å². The molecule has 4 rings (SSSR count). The van der Waals surface area contributed by atoms with Crippen molar-refractivity contribution in [3.63, 3.8) is 0 Å². The van der Waals surface area contributed by atoms with Gasteiger partial charge >= 0.3 is 0 Å². The van der Waals surface area contributed by atoms with Gasteiger partial charge in [-0.2, -0.15) is 5.10 Å². The number of nitrogens with zero attached hydrogens (tertiary/aromatic N) is 6. The molecular formula is C19H24N6. The van der Waals surface area contributed by atoms with Gasteiger partial charge in [0.25, 0.3) is 0 Å². The van der Waals surface area contributed by atoms with Gasteiger partial charge < -0.3 is 0 Å². The maximum Gasteiger partial charge on any atom is 0.0971 e. The van der Waals surface area contributed by atoms with Crippen LogP contribution in [0.4, 0.5) is 0 Å². The molecule has 0 amide bonds. The van der Waals surface area contributed by atoms with Gasteiger partial charge in [0, 0.05) is 19.3 Å². The number of likely N-dealkylation sites (tertiary alicyclic amines) is 1. The van der Waals surface area contributed by atoms with Crippen molar-refractivity contribution in [3.05, 3.63) is 60.2 Å². The summed E-state index contributed by atoms with van der Waals surface area (Å²) < 4.78 is 3.93. The van der Waals surface area contributed by atoms with Gasteiger partial charge in [-0.15, -0.1) is 5.10 Å². The second-order valence-corrected chi connectivity index (χ2v) is 6.95. The molecule has 6 nitrogen and oxygen atoms in total. The molecule has 1 aliphatic heterocycles. The van der Waals surface area contributed by atoms with Crippen molar-refractivity contribution in [1.82, 2.24) is 29.7 Å². The fraction of sp³-hybridized carbons (Fsp3) is 0.421. The number of aryl methyl sites for hydroxylation is 1. The highest BCUT2D eigenvalue weighted by molar-refractivity contribution is 5.29. The minimum atomic E-state index is 0.718. The van der Waals surface area contributed by atoms with Gasteiger partial charge in [-0.3, -0.25) is 9.58 Å². The van der Waals surface area contributed by atoms with Crippen LogP contribution in [0, 0.1) is 12.8 Å². The Hall–Kier alpha value is -2.47. The number of para-hydroxylation sites is 1. The lowest BCUT2D eigenvalue weighted by atomic mass is 9.97. The Morgan fingerprint density at radius 3 is 2.60 bits per heavy atom. The molecule has 6 heteroatoms. The van der Waals surface area contributed by atoms with E-state index in [1.165, 1.54) is 18.4 Å². The summed E-state index contributed by atoms with van der Waals surface area (Å²) in [6.07, 6.45) is 8.53. The van der Waals surface area contributed by atoms with E-state index in [1.54, 1.807) is 0 Å². The molecular weight excluding hydrogens is 312 g/mol. The fourth-order valence-corrected chi connectivity index (χ4v) is 3.47. The highest BCUT2D eigenvalue weighted by atomic mass is 15.4. The highest BCUT2D eigenvalue weighted by Crippen LogP contribution is 2.20. The first-order valence-corrected chi connectivity index (χ1v) is 8.94. The number of hydrogen-bond acceptors (Lipinski definition) is 4. The molecule has 1 saturated heterocycles. The molecule has 1 fully saturated rings.